The topological polar surface area (TPSA) is 66.8 Å². The summed E-state index contributed by atoms with van der Waals surface area (Å²) in [4.78, 5) is 10.5. The highest BCUT2D eigenvalue weighted by molar-refractivity contribution is 5.87. The summed E-state index contributed by atoms with van der Waals surface area (Å²) < 4.78 is 4.40. The molecule has 0 aliphatic rings. The zero-order valence-electron chi connectivity index (χ0n) is 7.70. The van der Waals surface area contributed by atoms with Crippen LogP contribution in [0.4, 0.5) is 0 Å². The largest absolute Gasteiger partial charge is 0.466 e. The molecule has 0 aromatic heterocycles. The number of hydrogen-bond acceptors (Lipinski definition) is 4. The molecule has 2 N–H and O–H groups in total. The van der Waals surface area contributed by atoms with Gasteiger partial charge in [0.25, 0.3) is 0 Å². The van der Waals surface area contributed by atoms with Crippen LogP contribution in [0.15, 0.2) is 11.6 Å². The van der Waals surface area contributed by atoms with Gasteiger partial charge in [-0.25, -0.2) is 4.79 Å². The van der Waals surface area contributed by atoms with Crippen molar-refractivity contribution in [2.75, 3.05) is 20.3 Å². The summed E-state index contributed by atoms with van der Waals surface area (Å²) in [5.41, 5.74) is 0.646. The van der Waals surface area contributed by atoms with Crippen molar-refractivity contribution in [3.8, 4) is 0 Å². The van der Waals surface area contributed by atoms with Crippen molar-refractivity contribution in [1.29, 1.82) is 0 Å². The van der Waals surface area contributed by atoms with Crippen molar-refractivity contribution in [2.24, 2.45) is 0 Å². The molecule has 0 rings (SSSR count). The molecule has 0 aromatic rings. The Morgan fingerprint density at radius 3 is 1.92 bits per heavy atom. The third kappa shape index (κ3) is 9.13. The zero-order valence-corrected chi connectivity index (χ0v) is 7.70. The number of aliphatic hydroxyl groups is 2. The average Bonchev–Trinajstić information content (AvgIpc) is 2.15. The van der Waals surface area contributed by atoms with E-state index in [2.05, 4.69) is 4.74 Å². The van der Waals surface area contributed by atoms with E-state index in [0.717, 1.165) is 0 Å². The van der Waals surface area contributed by atoms with Gasteiger partial charge in [-0.3, -0.25) is 0 Å². The van der Waals surface area contributed by atoms with Crippen LogP contribution in [0.2, 0.25) is 0 Å². The molecule has 4 nitrogen and oxygen atoms in total. The Labute approximate surface area is 72.5 Å². The van der Waals surface area contributed by atoms with E-state index in [1.165, 1.54) is 7.11 Å². The molecule has 0 bridgehead atoms. The Kier molecular flexibility index (Phi) is 11.6. The van der Waals surface area contributed by atoms with Crippen LogP contribution < -0.4 is 0 Å². The Morgan fingerprint density at radius 1 is 1.42 bits per heavy atom. The summed E-state index contributed by atoms with van der Waals surface area (Å²) >= 11 is 0. The molecule has 0 saturated carbocycles. The van der Waals surface area contributed by atoms with Crippen LogP contribution >= 0.6 is 0 Å². The third-order valence-corrected chi connectivity index (χ3v) is 1.04. The highest BCUT2D eigenvalue weighted by Crippen LogP contribution is 1.92. The summed E-state index contributed by atoms with van der Waals surface area (Å²) in [6.07, 6.45) is 1.71. The van der Waals surface area contributed by atoms with Gasteiger partial charge in [-0.15, -0.1) is 0 Å². The molecular formula is C8H16O4. The SMILES string of the molecule is CC=C(C)C(=O)OC.OCCO. The van der Waals surface area contributed by atoms with Gasteiger partial charge in [-0.1, -0.05) is 6.08 Å². The lowest BCUT2D eigenvalue weighted by atomic mass is 10.3. The van der Waals surface area contributed by atoms with Gasteiger partial charge in [-0.2, -0.15) is 0 Å². The number of allylic oxidation sites excluding steroid dienone is 1. The standard InChI is InChI=1S/C6H10O2.C2H6O2/c1-4-5(2)6(7)8-3;3-1-2-4/h4H,1-3H3;3-4H,1-2H2. The fourth-order valence-corrected chi connectivity index (χ4v) is 0.279. The molecule has 0 unspecified atom stereocenters. The average molecular weight is 176 g/mol. The molecular weight excluding hydrogens is 160 g/mol. The Morgan fingerprint density at radius 2 is 1.83 bits per heavy atom. The van der Waals surface area contributed by atoms with Gasteiger partial charge in [0.1, 0.15) is 0 Å². The van der Waals surface area contributed by atoms with Gasteiger partial charge in [0.05, 0.1) is 20.3 Å². The fourth-order valence-electron chi connectivity index (χ4n) is 0.279. The molecule has 0 atom stereocenters. The summed E-state index contributed by atoms with van der Waals surface area (Å²) in [7, 11) is 1.37. The molecule has 0 radical (unpaired) electrons. The van der Waals surface area contributed by atoms with Crippen molar-refractivity contribution < 1.29 is 19.7 Å². The van der Waals surface area contributed by atoms with Crippen molar-refractivity contribution in [2.45, 2.75) is 13.8 Å². The lowest BCUT2D eigenvalue weighted by molar-refractivity contribution is -0.136. The lowest BCUT2D eigenvalue weighted by Crippen LogP contribution is -2.00. The molecule has 0 saturated heterocycles. The number of rotatable bonds is 2. The third-order valence-electron chi connectivity index (χ3n) is 1.04. The molecule has 72 valence electrons. The maximum atomic E-state index is 10.5. The molecule has 4 heteroatoms. The van der Waals surface area contributed by atoms with Crippen LogP contribution in [0.5, 0.6) is 0 Å². The first-order valence-corrected chi connectivity index (χ1v) is 3.56. The van der Waals surface area contributed by atoms with E-state index in [0.29, 0.717) is 5.57 Å². The predicted molar refractivity (Wildman–Crippen MR) is 45.6 cm³/mol. The van der Waals surface area contributed by atoms with E-state index >= 15 is 0 Å². The van der Waals surface area contributed by atoms with Crippen LogP contribution in [0.25, 0.3) is 0 Å². The second-order valence-corrected chi connectivity index (χ2v) is 1.91. The Balaban J connectivity index is 0. The second-order valence-electron chi connectivity index (χ2n) is 1.91. The number of aliphatic hydroxyl groups excluding tert-OH is 2. The molecule has 0 aliphatic heterocycles. The van der Waals surface area contributed by atoms with E-state index in [9.17, 15) is 4.79 Å². The molecule has 0 spiro atoms. The van der Waals surface area contributed by atoms with E-state index in [4.69, 9.17) is 10.2 Å². The molecule has 0 amide bonds. The number of esters is 1. The lowest BCUT2D eigenvalue weighted by Gasteiger charge is -1.93. The minimum absolute atomic E-state index is 0.125. The van der Waals surface area contributed by atoms with E-state index < -0.39 is 0 Å². The van der Waals surface area contributed by atoms with Gasteiger partial charge in [0.2, 0.25) is 0 Å². The van der Waals surface area contributed by atoms with E-state index in [1.807, 2.05) is 0 Å². The van der Waals surface area contributed by atoms with Gasteiger partial charge in [-0.05, 0) is 13.8 Å². The Bertz CT molecular complexity index is 138. The summed E-state index contributed by atoms with van der Waals surface area (Å²) in [6, 6.07) is 0. The summed E-state index contributed by atoms with van der Waals surface area (Å²) in [5.74, 6) is -0.257. The minimum Gasteiger partial charge on any atom is -0.466 e. The fraction of sp³-hybridized carbons (Fsp3) is 0.625. The summed E-state index contributed by atoms with van der Waals surface area (Å²) in [5, 5.41) is 15.2. The number of ether oxygens (including phenoxy) is 1. The first kappa shape index (κ1) is 13.7. The van der Waals surface area contributed by atoms with Crippen molar-refractivity contribution >= 4 is 5.97 Å². The normalized spacial score (nSPS) is 9.92. The van der Waals surface area contributed by atoms with Crippen molar-refractivity contribution in [3.05, 3.63) is 11.6 Å². The number of carbonyl (C=O) groups excluding carboxylic acids is 1. The highest BCUT2D eigenvalue weighted by atomic mass is 16.5. The van der Waals surface area contributed by atoms with Gasteiger partial charge >= 0.3 is 5.97 Å². The quantitative estimate of drug-likeness (QED) is 0.462. The van der Waals surface area contributed by atoms with Crippen molar-refractivity contribution in [3.63, 3.8) is 0 Å². The second kappa shape index (κ2) is 10.1. The summed E-state index contributed by atoms with van der Waals surface area (Å²) in [6.45, 7) is 3.26. The Hall–Kier alpha value is -0.870. The number of carbonyl (C=O) groups is 1. The first-order valence-electron chi connectivity index (χ1n) is 3.56. The van der Waals surface area contributed by atoms with Crippen molar-refractivity contribution in [1.82, 2.24) is 0 Å². The molecule has 0 heterocycles. The maximum absolute atomic E-state index is 10.5. The van der Waals surface area contributed by atoms with Crippen LogP contribution in [-0.2, 0) is 9.53 Å². The minimum atomic E-state index is -0.257. The maximum Gasteiger partial charge on any atom is 0.333 e. The number of hydrogen-bond donors (Lipinski definition) is 2. The molecule has 12 heavy (non-hydrogen) atoms. The van der Waals surface area contributed by atoms with E-state index in [1.54, 1.807) is 19.9 Å². The molecule has 0 aliphatic carbocycles. The smallest absolute Gasteiger partial charge is 0.333 e. The van der Waals surface area contributed by atoms with E-state index in [-0.39, 0.29) is 19.2 Å². The predicted octanol–water partition coefficient (Wildman–Crippen LogP) is 0.0966. The van der Waals surface area contributed by atoms with Crippen LogP contribution in [0.3, 0.4) is 0 Å². The van der Waals surface area contributed by atoms with Crippen LogP contribution in [-0.4, -0.2) is 36.5 Å². The monoisotopic (exact) mass is 176 g/mol. The molecule has 0 aromatic carbocycles. The number of methoxy groups -OCH3 is 1. The zero-order chi connectivity index (χ0) is 9.98. The van der Waals surface area contributed by atoms with Gasteiger partial charge in [0, 0.05) is 5.57 Å². The first-order chi connectivity index (χ1) is 5.63. The van der Waals surface area contributed by atoms with Gasteiger partial charge < -0.3 is 14.9 Å². The van der Waals surface area contributed by atoms with Crippen LogP contribution in [0.1, 0.15) is 13.8 Å². The van der Waals surface area contributed by atoms with Gasteiger partial charge in [0.15, 0.2) is 0 Å². The van der Waals surface area contributed by atoms with Crippen LogP contribution in [0, 0.1) is 0 Å². The molecule has 0 fully saturated rings. The highest BCUT2D eigenvalue weighted by Gasteiger charge is 1.98.